The van der Waals surface area contributed by atoms with Crippen LogP contribution in [0.25, 0.3) is 10.2 Å². The first kappa shape index (κ1) is 18.1. The molecule has 0 N–H and O–H groups in total. The molecule has 1 amide bonds. The molecule has 134 valence electrons. The Morgan fingerprint density at radius 1 is 1.04 bits per heavy atom. The molecule has 0 atom stereocenters. The molecule has 0 saturated carbocycles. The number of hydrogen-bond acceptors (Lipinski definition) is 3. The van der Waals surface area contributed by atoms with Crippen molar-refractivity contribution >= 4 is 55.2 Å². The zero-order valence-corrected chi connectivity index (χ0v) is 17.1. The minimum Gasteiger partial charge on any atom is -0.279 e. The van der Waals surface area contributed by atoms with Gasteiger partial charge in [-0.15, -0.1) is 0 Å². The second-order valence-corrected chi connectivity index (χ2v) is 8.14. The summed E-state index contributed by atoms with van der Waals surface area (Å²) in [4.78, 5) is 19.6. The Labute approximate surface area is 173 Å². The van der Waals surface area contributed by atoms with Gasteiger partial charge in [0.05, 0.1) is 22.3 Å². The highest BCUT2D eigenvalue weighted by Crippen LogP contribution is 2.31. The fraction of sp³-hybridized carbons (Fsp3) is 0.0476. The lowest BCUT2D eigenvalue weighted by Gasteiger charge is -2.20. The van der Waals surface area contributed by atoms with Gasteiger partial charge in [0.1, 0.15) is 5.82 Å². The third-order valence-electron chi connectivity index (χ3n) is 4.10. The highest BCUT2D eigenvalue weighted by molar-refractivity contribution is 14.1. The van der Waals surface area contributed by atoms with Crippen LogP contribution in [0.1, 0.15) is 15.9 Å². The molecule has 0 aliphatic rings. The number of nitrogens with zero attached hydrogens (tertiary/aromatic N) is 2. The molecule has 0 aliphatic heterocycles. The second-order valence-electron chi connectivity index (χ2n) is 5.97. The number of halogens is 2. The largest absolute Gasteiger partial charge is 0.279 e. The number of fused-ring (bicyclic) bond motifs is 1. The zero-order chi connectivity index (χ0) is 18.8. The van der Waals surface area contributed by atoms with E-state index in [-0.39, 0.29) is 11.7 Å². The van der Waals surface area contributed by atoms with Gasteiger partial charge in [0.2, 0.25) is 0 Å². The van der Waals surface area contributed by atoms with Crippen LogP contribution in [0, 0.1) is 9.39 Å². The maximum absolute atomic E-state index is 13.6. The molecule has 1 heterocycles. The van der Waals surface area contributed by atoms with Crippen molar-refractivity contribution in [3.63, 3.8) is 0 Å². The summed E-state index contributed by atoms with van der Waals surface area (Å²) in [7, 11) is 0. The Morgan fingerprint density at radius 2 is 1.78 bits per heavy atom. The summed E-state index contributed by atoms with van der Waals surface area (Å²) in [5, 5.41) is 0.559. The van der Waals surface area contributed by atoms with Gasteiger partial charge in [0.25, 0.3) is 5.91 Å². The molecule has 1 aromatic heterocycles. The van der Waals surface area contributed by atoms with Crippen LogP contribution < -0.4 is 4.90 Å². The van der Waals surface area contributed by atoms with Crippen LogP contribution in [0.4, 0.5) is 9.52 Å². The average molecular weight is 488 g/mol. The number of aromatic nitrogens is 1. The molecule has 0 spiro atoms. The highest BCUT2D eigenvalue weighted by Gasteiger charge is 2.23. The summed E-state index contributed by atoms with van der Waals surface area (Å²) in [6.45, 7) is 0.396. The lowest BCUT2D eigenvalue weighted by molar-refractivity contribution is 0.0984. The molecule has 0 unspecified atom stereocenters. The van der Waals surface area contributed by atoms with Crippen LogP contribution in [-0.2, 0) is 6.54 Å². The molecule has 0 saturated heterocycles. The second kappa shape index (κ2) is 7.74. The van der Waals surface area contributed by atoms with Crippen molar-refractivity contribution in [2.24, 2.45) is 0 Å². The number of carbonyl (C=O) groups excluding carboxylic acids is 1. The van der Waals surface area contributed by atoms with Gasteiger partial charge in [-0.25, -0.2) is 9.37 Å². The number of carbonyl (C=O) groups is 1. The Bertz CT molecular complexity index is 1110. The van der Waals surface area contributed by atoms with E-state index in [0.717, 1.165) is 13.8 Å². The molecule has 27 heavy (non-hydrogen) atoms. The maximum atomic E-state index is 13.6. The van der Waals surface area contributed by atoms with E-state index in [2.05, 4.69) is 27.6 Å². The molecule has 0 radical (unpaired) electrons. The Hall–Kier alpha value is -2.32. The summed E-state index contributed by atoms with van der Waals surface area (Å²) >= 11 is 3.48. The predicted molar refractivity (Wildman–Crippen MR) is 116 cm³/mol. The van der Waals surface area contributed by atoms with Crippen LogP contribution in [0.5, 0.6) is 0 Å². The lowest BCUT2D eigenvalue weighted by atomic mass is 10.1. The fourth-order valence-corrected chi connectivity index (χ4v) is 4.38. The van der Waals surface area contributed by atoms with Crippen LogP contribution in [0.2, 0.25) is 0 Å². The third kappa shape index (κ3) is 3.86. The molecular formula is C21H14FIN2OS. The summed E-state index contributed by atoms with van der Waals surface area (Å²) < 4.78 is 15.2. The first-order valence-corrected chi connectivity index (χ1v) is 10.2. The van der Waals surface area contributed by atoms with E-state index in [9.17, 15) is 9.18 Å². The van der Waals surface area contributed by atoms with E-state index in [1.807, 2.05) is 54.6 Å². The SMILES string of the molecule is O=C(c1ccccc1I)N(Cc1ccccc1)c1nc2ccc(F)cc2s1. The number of anilines is 1. The van der Waals surface area contributed by atoms with Crippen LogP contribution in [0.3, 0.4) is 0 Å². The maximum Gasteiger partial charge on any atom is 0.261 e. The normalized spacial score (nSPS) is 10.9. The number of benzene rings is 3. The zero-order valence-electron chi connectivity index (χ0n) is 14.1. The number of rotatable bonds is 4. The monoisotopic (exact) mass is 488 g/mol. The molecular weight excluding hydrogens is 474 g/mol. The van der Waals surface area contributed by atoms with E-state index in [1.54, 1.807) is 11.0 Å². The average Bonchev–Trinajstić information content (AvgIpc) is 3.09. The highest BCUT2D eigenvalue weighted by atomic mass is 127. The van der Waals surface area contributed by atoms with Gasteiger partial charge >= 0.3 is 0 Å². The number of thiazole rings is 1. The summed E-state index contributed by atoms with van der Waals surface area (Å²) in [6, 6.07) is 21.7. The van der Waals surface area contributed by atoms with E-state index < -0.39 is 0 Å². The third-order valence-corrected chi connectivity index (χ3v) is 6.08. The van der Waals surface area contributed by atoms with Crippen molar-refractivity contribution in [1.29, 1.82) is 0 Å². The van der Waals surface area contributed by atoms with Crippen LogP contribution in [0.15, 0.2) is 72.8 Å². The first-order chi connectivity index (χ1) is 13.1. The van der Waals surface area contributed by atoms with Crippen molar-refractivity contribution < 1.29 is 9.18 Å². The molecule has 0 fully saturated rings. The van der Waals surface area contributed by atoms with Gasteiger partial charge in [-0.3, -0.25) is 9.69 Å². The summed E-state index contributed by atoms with van der Waals surface area (Å²) in [5.41, 5.74) is 2.31. The minimum absolute atomic E-state index is 0.122. The smallest absolute Gasteiger partial charge is 0.261 e. The van der Waals surface area contributed by atoms with Crippen molar-refractivity contribution in [2.75, 3.05) is 4.90 Å². The van der Waals surface area contributed by atoms with Crippen molar-refractivity contribution in [1.82, 2.24) is 4.98 Å². The standard InChI is InChI=1S/C21H14FIN2OS/c22-15-10-11-18-19(12-15)27-21(24-18)25(13-14-6-2-1-3-7-14)20(26)16-8-4-5-9-17(16)23/h1-12H,13H2. The number of hydrogen-bond donors (Lipinski definition) is 0. The molecule has 3 aromatic carbocycles. The van der Waals surface area contributed by atoms with Crippen molar-refractivity contribution in [2.45, 2.75) is 6.54 Å². The molecule has 4 rings (SSSR count). The first-order valence-electron chi connectivity index (χ1n) is 8.28. The van der Waals surface area contributed by atoms with E-state index in [1.165, 1.54) is 23.5 Å². The predicted octanol–water partition coefficient (Wildman–Crippen LogP) is 5.89. The fourth-order valence-electron chi connectivity index (χ4n) is 2.77. The van der Waals surface area contributed by atoms with Crippen molar-refractivity contribution in [3.05, 3.63) is 93.3 Å². The Kier molecular flexibility index (Phi) is 5.18. The van der Waals surface area contributed by atoms with Crippen LogP contribution in [-0.4, -0.2) is 10.9 Å². The van der Waals surface area contributed by atoms with E-state index >= 15 is 0 Å². The molecule has 6 heteroatoms. The van der Waals surface area contributed by atoms with E-state index in [0.29, 0.717) is 22.8 Å². The molecule has 0 bridgehead atoms. The molecule has 3 nitrogen and oxygen atoms in total. The van der Waals surface area contributed by atoms with Gasteiger partial charge < -0.3 is 0 Å². The quantitative estimate of drug-likeness (QED) is 0.336. The summed E-state index contributed by atoms with van der Waals surface area (Å²) in [6.07, 6.45) is 0. The molecule has 4 aromatic rings. The topological polar surface area (TPSA) is 33.2 Å². The minimum atomic E-state index is -0.309. The molecule has 0 aliphatic carbocycles. The lowest BCUT2D eigenvalue weighted by Crippen LogP contribution is -2.30. The van der Waals surface area contributed by atoms with Gasteiger partial charge in [-0.1, -0.05) is 53.8 Å². The van der Waals surface area contributed by atoms with Crippen molar-refractivity contribution in [3.8, 4) is 0 Å². The Balaban J connectivity index is 1.79. The van der Waals surface area contributed by atoms with Gasteiger partial charge in [0, 0.05) is 3.57 Å². The summed E-state index contributed by atoms with van der Waals surface area (Å²) in [5.74, 6) is -0.431. The Morgan fingerprint density at radius 3 is 2.56 bits per heavy atom. The van der Waals surface area contributed by atoms with Gasteiger partial charge in [0.15, 0.2) is 5.13 Å². The van der Waals surface area contributed by atoms with Crippen LogP contribution >= 0.6 is 33.9 Å². The van der Waals surface area contributed by atoms with Gasteiger partial charge in [-0.05, 0) is 58.5 Å². The van der Waals surface area contributed by atoms with E-state index in [4.69, 9.17) is 0 Å². The number of amides is 1. The van der Waals surface area contributed by atoms with Gasteiger partial charge in [-0.2, -0.15) is 0 Å².